The Balaban J connectivity index is 0.00000120. The Morgan fingerprint density at radius 3 is 2.66 bits per heavy atom. The maximum Gasteiger partial charge on any atom is 0.274 e. The number of rotatable bonds is 2. The molecule has 0 aliphatic carbocycles. The summed E-state index contributed by atoms with van der Waals surface area (Å²) < 4.78 is 1.64. The molecule has 5 rings (SSSR count). The van der Waals surface area contributed by atoms with Gasteiger partial charge in [-0.25, -0.2) is 9.50 Å². The Kier molecular flexibility index (Phi) is 6.17. The van der Waals surface area contributed by atoms with Crippen LogP contribution in [0.15, 0.2) is 48.8 Å². The standard InChI is InChI=1S/C21H23N5O.2ClH/c1-14-6-3-4-7-16(14)20-17-13-25(12-15(17)11-24(20)2)21(27)18-10-22-19-8-5-9-23-26(18)19;;/h3-10,15,17,20H,11-13H2,1-2H3;2*1H/t15-,17+,20+;;/m0../s1. The summed E-state index contributed by atoms with van der Waals surface area (Å²) in [5.74, 6) is 1.00. The summed E-state index contributed by atoms with van der Waals surface area (Å²) in [7, 11) is 2.20. The second-order valence-electron chi connectivity index (χ2n) is 7.81. The molecule has 2 aromatic heterocycles. The van der Waals surface area contributed by atoms with E-state index in [2.05, 4.69) is 53.2 Å². The number of halogens is 2. The molecule has 1 amide bonds. The summed E-state index contributed by atoms with van der Waals surface area (Å²) in [5.41, 5.74) is 3.97. The van der Waals surface area contributed by atoms with E-state index in [1.165, 1.54) is 11.1 Å². The molecule has 0 bridgehead atoms. The molecule has 8 heteroatoms. The number of benzene rings is 1. The van der Waals surface area contributed by atoms with E-state index in [0.717, 1.165) is 19.6 Å². The van der Waals surface area contributed by atoms with Crippen LogP contribution in [0.25, 0.3) is 5.65 Å². The largest absolute Gasteiger partial charge is 0.337 e. The van der Waals surface area contributed by atoms with Crippen molar-refractivity contribution in [2.45, 2.75) is 13.0 Å². The van der Waals surface area contributed by atoms with Crippen LogP contribution in [0.1, 0.15) is 27.7 Å². The number of nitrogens with zero attached hydrogens (tertiary/aromatic N) is 5. The number of hydrogen-bond donors (Lipinski definition) is 0. The van der Waals surface area contributed by atoms with Crippen LogP contribution in [0.5, 0.6) is 0 Å². The molecule has 29 heavy (non-hydrogen) atoms. The third-order valence-electron chi connectivity index (χ3n) is 6.19. The molecular formula is C21H25Cl2N5O. The van der Waals surface area contributed by atoms with Crippen molar-refractivity contribution in [2.75, 3.05) is 26.7 Å². The van der Waals surface area contributed by atoms with Crippen LogP contribution in [0, 0.1) is 18.8 Å². The van der Waals surface area contributed by atoms with Gasteiger partial charge in [-0.2, -0.15) is 5.10 Å². The van der Waals surface area contributed by atoms with Crippen molar-refractivity contribution in [1.82, 2.24) is 24.4 Å². The molecule has 0 saturated carbocycles. The number of aryl methyl sites for hydroxylation is 1. The Bertz CT molecular complexity index is 1020. The molecule has 2 aliphatic heterocycles. The van der Waals surface area contributed by atoms with E-state index < -0.39 is 0 Å². The Morgan fingerprint density at radius 2 is 1.86 bits per heavy atom. The molecule has 154 valence electrons. The zero-order valence-corrected chi connectivity index (χ0v) is 18.1. The number of carbonyl (C=O) groups excluding carboxylic acids is 1. The number of hydrogen-bond acceptors (Lipinski definition) is 4. The highest BCUT2D eigenvalue weighted by Crippen LogP contribution is 2.45. The molecule has 2 aliphatic rings. The topological polar surface area (TPSA) is 53.7 Å². The van der Waals surface area contributed by atoms with E-state index >= 15 is 0 Å². The molecule has 0 unspecified atom stereocenters. The van der Waals surface area contributed by atoms with Crippen LogP contribution in [-0.4, -0.2) is 57.0 Å². The SMILES string of the molecule is Cc1ccccc1[C@@H]1[C@@H]2CN(C(=O)c3cnc4cccnn34)C[C@@H]2CN1C.Cl.Cl. The summed E-state index contributed by atoms with van der Waals surface area (Å²) in [6.45, 7) is 4.79. The monoisotopic (exact) mass is 433 g/mol. The highest BCUT2D eigenvalue weighted by Gasteiger charge is 2.47. The van der Waals surface area contributed by atoms with E-state index in [-0.39, 0.29) is 30.7 Å². The molecule has 4 heterocycles. The minimum atomic E-state index is 0. The zero-order valence-electron chi connectivity index (χ0n) is 16.4. The average molecular weight is 434 g/mol. The fraction of sp³-hybridized carbons (Fsp3) is 0.381. The smallest absolute Gasteiger partial charge is 0.274 e. The maximum atomic E-state index is 13.2. The van der Waals surface area contributed by atoms with Crippen LogP contribution < -0.4 is 0 Å². The van der Waals surface area contributed by atoms with Gasteiger partial charge >= 0.3 is 0 Å². The summed E-state index contributed by atoms with van der Waals surface area (Å²) in [6.07, 6.45) is 3.33. The summed E-state index contributed by atoms with van der Waals surface area (Å²) in [4.78, 5) is 21.9. The minimum absolute atomic E-state index is 0. The summed E-state index contributed by atoms with van der Waals surface area (Å²) in [6, 6.07) is 12.7. The Hall–Kier alpha value is -2.15. The van der Waals surface area contributed by atoms with E-state index in [9.17, 15) is 4.79 Å². The van der Waals surface area contributed by atoms with Crippen molar-refractivity contribution >= 4 is 36.4 Å². The summed E-state index contributed by atoms with van der Waals surface area (Å²) >= 11 is 0. The fourth-order valence-corrected chi connectivity index (χ4v) is 4.95. The average Bonchev–Trinajstić information content (AvgIpc) is 3.34. The molecule has 2 fully saturated rings. The number of amides is 1. The molecule has 0 N–H and O–H groups in total. The Morgan fingerprint density at radius 1 is 1.07 bits per heavy atom. The molecule has 0 spiro atoms. The number of imidazole rings is 1. The van der Waals surface area contributed by atoms with Crippen LogP contribution in [0.4, 0.5) is 0 Å². The van der Waals surface area contributed by atoms with Gasteiger partial charge in [0.2, 0.25) is 0 Å². The lowest BCUT2D eigenvalue weighted by molar-refractivity contribution is 0.0759. The van der Waals surface area contributed by atoms with Gasteiger partial charge in [-0.1, -0.05) is 24.3 Å². The van der Waals surface area contributed by atoms with Crippen LogP contribution in [0.2, 0.25) is 0 Å². The lowest BCUT2D eigenvalue weighted by Gasteiger charge is -2.28. The first-order valence-electron chi connectivity index (χ1n) is 9.47. The van der Waals surface area contributed by atoms with Crippen molar-refractivity contribution < 1.29 is 4.79 Å². The van der Waals surface area contributed by atoms with Crippen molar-refractivity contribution in [3.8, 4) is 0 Å². The lowest BCUT2D eigenvalue weighted by Crippen LogP contribution is -2.34. The lowest BCUT2D eigenvalue weighted by atomic mass is 9.88. The quantitative estimate of drug-likeness (QED) is 0.622. The van der Waals surface area contributed by atoms with E-state index in [4.69, 9.17) is 0 Å². The van der Waals surface area contributed by atoms with Crippen LogP contribution in [0.3, 0.4) is 0 Å². The van der Waals surface area contributed by atoms with Gasteiger partial charge in [0.1, 0.15) is 0 Å². The number of carbonyl (C=O) groups is 1. The zero-order chi connectivity index (χ0) is 18.5. The van der Waals surface area contributed by atoms with Gasteiger partial charge in [0.25, 0.3) is 5.91 Å². The third kappa shape index (κ3) is 3.50. The first-order valence-corrected chi connectivity index (χ1v) is 9.47. The molecular weight excluding hydrogens is 409 g/mol. The maximum absolute atomic E-state index is 13.2. The fourth-order valence-electron chi connectivity index (χ4n) is 4.95. The van der Waals surface area contributed by atoms with Gasteiger partial charge in [-0.05, 0) is 43.1 Å². The predicted molar refractivity (Wildman–Crippen MR) is 117 cm³/mol. The van der Waals surface area contributed by atoms with Crippen molar-refractivity contribution in [1.29, 1.82) is 0 Å². The molecule has 6 nitrogen and oxygen atoms in total. The van der Waals surface area contributed by atoms with E-state index in [1.54, 1.807) is 16.9 Å². The van der Waals surface area contributed by atoms with Gasteiger partial charge in [0, 0.05) is 37.8 Å². The molecule has 3 aromatic rings. The molecule has 1 aromatic carbocycles. The van der Waals surface area contributed by atoms with Crippen molar-refractivity contribution in [3.05, 3.63) is 65.6 Å². The number of likely N-dealkylation sites (tertiary alicyclic amines) is 2. The van der Waals surface area contributed by atoms with Gasteiger partial charge in [-0.3, -0.25) is 9.69 Å². The Labute approximate surface area is 182 Å². The highest BCUT2D eigenvalue weighted by molar-refractivity contribution is 5.93. The number of fused-ring (bicyclic) bond motifs is 2. The van der Waals surface area contributed by atoms with E-state index in [0.29, 0.717) is 29.2 Å². The number of aromatic nitrogens is 3. The highest BCUT2D eigenvalue weighted by atomic mass is 35.5. The van der Waals surface area contributed by atoms with Crippen molar-refractivity contribution in [3.63, 3.8) is 0 Å². The second kappa shape index (κ2) is 8.30. The van der Waals surface area contributed by atoms with Gasteiger partial charge in [0.05, 0.1) is 6.20 Å². The molecule has 0 radical (unpaired) electrons. The van der Waals surface area contributed by atoms with Gasteiger partial charge in [-0.15, -0.1) is 24.8 Å². The normalized spacial score (nSPS) is 23.5. The molecule has 3 atom stereocenters. The summed E-state index contributed by atoms with van der Waals surface area (Å²) in [5, 5.41) is 4.29. The van der Waals surface area contributed by atoms with E-state index in [1.807, 2.05) is 17.0 Å². The van der Waals surface area contributed by atoms with Gasteiger partial charge < -0.3 is 4.90 Å². The van der Waals surface area contributed by atoms with Crippen molar-refractivity contribution in [2.24, 2.45) is 11.8 Å². The third-order valence-corrected chi connectivity index (χ3v) is 6.19. The van der Waals surface area contributed by atoms with Crippen LogP contribution in [-0.2, 0) is 0 Å². The predicted octanol–water partition coefficient (Wildman–Crippen LogP) is 3.26. The second-order valence-corrected chi connectivity index (χ2v) is 7.81. The first-order chi connectivity index (χ1) is 13.1. The van der Waals surface area contributed by atoms with Gasteiger partial charge in [0.15, 0.2) is 11.3 Å². The molecule has 2 saturated heterocycles. The van der Waals surface area contributed by atoms with Crippen LogP contribution >= 0.6 is 24.8 Å². The first kappa shape index (κ1) is 21.6. The minimum Gasteiger partial charge on any atom is -0.337 e.